The third-order valence-electron chi connectivity index (χ3n) is 5.39. The lowest BCUT2D eigenvalue weighted by Gasteiger charge is -2.21. The van der Waals surface area contributed by atoms with Crippen molar-refractivity contribution in [1.82, 2.24) is 9.88 Å². The van der Waals surface area contributed by atoms with Crippen LogP contribution < -0.4 is 15.6 Å². The molecule has 7 heteroatoms. The Morgan fingerprint density at radius 3 is 2.77 bits per heavy atom. The number of aromatic nitrogens is 1. The minimum Gasteiger partial charge on any atom is -0.477 e. The summed E-state index contributed by atoms with van der Waals surface area (Å²) in [6.45, 7) is 2.43. The lowest BCUT2D eigenvalue weighted by atomic mass is 10.1. The largest absolute Gasteiger partial charge is 0.477 e. The van der Waals surface area contributed by atoms with Gasteiger partial charge in [0, 0.05) is 30.7 Å². The molecule has 2 aromatic rings. The highest BCUT2D eigenvalue weighted by atomic mass is 19.1. The molecular formula is C19H22FN3O3. The van der Waals surface area contributed by atoms with Gasteiger partial charge in [0.1, 0.15) is 11.4 Å². The molecule has 4 rings (SSSR count). The van der Waals surface area contributed by atoms with Crippen molar-refractivity contribution in [3.05, 3.63) is 39.9 Å². The number of carboxylic acid groups (broad SMARTS) is 1. The Hall–Kier alpha value is -2.41. The summed E-state index contributed by atoms with van der Waals surface area (Å²) in [5, 5.41) is 12.6. The van der Waals surface area contributed by atoms with Crippen molar-refractivity contribution in [3.8, 4) is 0 Å². The summed E-state index contributed by atoms with van der Waals surface area (Å²) in [4.78, 5) is 25.9. The van der Waals surface area contributed by atoms with Crippen LogP contribution in [0.4, 0.5) is 10.1 Å². The first kappa shape index (κ1) is 17.0. The van der Waals surface area contributed by atoms with Gasteiger partial charge in [-0.2, -0.15) is 0 Å². The maximum atomic E-state index is 14.8. The number of hydrogen-bond donors (Lipinski definition) is 2. The third kappa shape index (κ3) is 2.86. The Labute approximate surface area is 150 Å². The van der Waals surface area contributed by atoms with Gasteiger partial charge in [-0.25, -0.2) is 9.18 Å². The third-order valence-corrected chi connectivity index (χ3v) is 5.39. The van der Waals surface area contributed by atoms with E-state index in [1.54, 1.807) is 6.07 Å². The Kier molecular flexibility index (Phi) is 4.19. The summed E-state index contributed by atoms with van der Waals surface area (Å²) in [5.74, 6) is -1.27. The molecule has 1 aromatic heterocycles. The smallest absolute Gasteiger partial charge is 0.341 e. The molecule has 1 aromatic carbocycles. The van der Waals surface area contributed by atoms with E-state index in [1.807, 2.05) is 16.5 Å². The van der Waals surface area contributed by atoms with Crippen molar-refractivity contribution < 1.29 is 14.3 Å². The fraction of sp³-hybridized carbons (Fsp3) is 0.474. The minimum atomic E-state index is -1.27. The van der Waals surface area contributed by atoms with Crippen molar-refractivity contribution in [2.24, 2.45) is 5.92 Å². The highest BCUT2D eigenvalue weighted by Crippen LogP contribution is 2.38. The average Bonchev–Trinajstić information content (AvgIpc) is 3.34. The zero-order chi connectivity index (χ0) is 18.4. The van der Waals surface area contributed by atoms with Crippen molar-refractivity contribution >= 4 is 22.6 Å². The standard InChI is InChI=1S/C19H22FN3O3/c1-21-8-11-4-5-22(9-11)17-7-16-13(6-15(17)20)18(24)14(19(25)26)10-23(16)12-2-3-12/h6-7,10-12,21H,2-5,8-9H2,1H3,(H,25,26). The van der Waals surface area contributed by atoms with Crippen LogP contribution in [0.3, 0.4) is 0 Å². The molecule has 1 saturated carbocycles. The number of carbonyl (C=O) groups is 1. The zero-order valence-corrected chi connectivity index (χ0v) is 14.7. The summed E-state index contributed by atoms with van der Waals surface area (Å²) >= 11 is 0. The first-order valence-corrected chi connectivity index (χ1v) is 9.01. The molecule has 1 aliphatic heterocycles. The molecule has 1 unspecified atom stereocenters. The van der Waals surface area contributed by atoms with E-state index in [-0.39, 0.29) is 17.0 Å². The van der Waals surface area contributed by atoms with Gasteiger partial charge in [0.05, 0.1) is 11.2 Å². The Bertz CT molecular complexity index is 936. The van der Waals surface area contributed by atoms with Crippen molar-refractivity contribution in [2.75, 3.05) is 31.6 Å². The Balaban J connectivity index is 1.84. The number of hydrogen-bond acceptors (Lipinski definition) is 4. The van der Waals surface area contributed by atoms with Gasteiger partial charge in [0.25, 0.3) is 0 Å². The topological polar surface area (TPSA) is 74.6 Å². The van der Waals surface area contributed by atoms with Crippen LogP contribution in [0.5, 0.6) is 0 Å². The zero-order valence-electron chi connectivity index (χ0n) is 14.7. The van der Waals surface area contributed by atoms with Crippen LogP contribution in [-0.4, -0.2) is 42.3 Å². The van der Waals surface area contributed by atoms with Gasteiger partial charge in [-0.3, -0.25) is 4.79 Å². The Morgan fingerprint density at radius 2 is 2.12 bits per heavy atom. The molecule has 1 atom stereocenters. The summed E-state index contributed by atoms with van der Waals surface area (Å²) in [5.41, 5.74) is 0.195. The fourth-order valence-corrected chi connectivity index (χ4v) is 3.91. The molecule has 0 spiro atoms. The molecule has 138 valence electrons. The predicted octanol–water partition coefficient (Wildman–Crippen LogP) is 2.22. The normalized spacial score (nSPS) is 20.1. The van der Waals surface area contributed by atoms with Gasteiger partial charge in [0.15, 0.2) is 0 Å². The van der Waals surface area contributed by atoms with E-state index < -0.39 is 17.2 Å². The quantitative estimate of drug-likeness (QED) is 0.856. The van der Waals surface area contributed by atoms with Crippen LogP contribution in [-0.2, 0) is 0 Å². The number of pyridine rings is 1. The SMILES string of the molecule is CNCC1CCN(c2cc3c(cc2F)c(=O)c(C(=O)O)cn3C2CC2)C1. The fourth-order valence-electron chi connectivity index (χ4n) is 3.91. The van der Waals surface area contributed by atoms with Crippen LogP contribution >= 0.6 is 0 Å². The van der Waals surface area contributed by atoms with E-state index in [1.165, 1.54) is 12.3 Å². The van der Waals surface area contributed by atoms with Gasteiger partial charge in [-0.15, -0.1) is 0 Å². The Morgan fingerprint density at radius 1 is 1.35 bits per heavy atom. The highest BCUT2D eigenvalue weighted by molar-refractivity contribution is 5.93. The van der Waals surface area contributed by atoms with E-state index in [9.17, 15) is 19.1 Å². The summed E-state index contributed by atoms with van der Waals surface area (Å²) in [6.07, 6.45) is 4.29. The molecule has 0 bridgehead atoms. The monoisotopic (exact) mass is 359 g/mol. The lowest BCUT2D eigenvalue weighted by molar-refractivity contribution is 0.0695. The number of aromatic carboxylic acids is 1. The van der Waals surface area contributed by atoms with E-state index in [2.05, 4.69) is 5.32 Å². The van der Waals surface area contributed by atoms with Gasteiger partial charge < -0.3 is 19.9 Å². The molecule has 2 aliphatic rings. The molecule has 0 amide bonds. The van der Waals surface area contributed by atoms with E-state index in [0.717, 1.165) is 38.9 Å². The number of rotatable bonds is 5. The second kappa shape index (κ2) is 6.39. The maximum Gasteiger partial charge on any atom is 0.341 e. The van der Waals surface area contributed by atoms with Gasteiger partial charge in [-0.05, 0) is 50.9 Å². The molecule has 1 saturated heterocycles. The van der Waals surface area contributed by atoms with E-state index in [0.29, 0.717) is 17.1 Å². The first-order chi connectivity index (χ1) is 12.5. The number of fused-ring (bicyclic) bond motifs is 1. The minimum absolute atomic E-state index is 0.143. The van der Waals surface area contributed by atoms with Crippen LogP contribution in [0.1, 0.15) is 35.7 Å². The molecule has 0 radical (unpaired) electrons. The predicted molar refractivity (Wildman–Crippen MR) is 97.6 cm³/mol. The van der Waals surface area contributed by atoms with Crippen LogP contribution in [0.2, 0.25) is 0 Å². The molecular weight excluding hydrogens is 337 g/mol. The first-order valence-electron chi connectivity index (χ1n) is 9.01. The molecule has 2 fully saturated rings. The highest BCUT2D eigenvalue weighted by Gasteiger charge is 2.29. The van der Waals surface area contributed by atoms with Crippen molar-refractivity contribution in [2.45, 2.75) is 25.3 Å². The van der Waals surface area contributed by atoms with E-state index >= 15 is 0 Å². The number of anilines is 1. The molecule has 1 aliphatic carbocycles. The van der Waals surface area contributed by atoms with Gasteiger partial charge in [0.2, 0.25) is 5.43 Å². The average molecular weight is 359 g/mol. The van der Waals surface area contributed by atoms with Crippen molar-refractivity contribution in [3.63, 3.8) is 0 Å². The summed E-state index contributed by atoms with van der Waals surface area (Å²) in [7, 11) is 1.91. The number of benzene rings is 1. The molecule has 2 heterocycles. The second-order valence-corrected chi connectivity index (χ2v) is 7.29. The van der Waals surface area contributed by atoms with E-state index in [4.69, 9.17) is 0 Å². The van der Waals surface area contributed by atoms with Gasteiger partial charge in [-0.1, -0.05) is 0 Å². The summed E-state index contributed by atoms with van der Waals surface area (Å²) < 4.78 is 16.6. The molecule has 2 N–H and O–H groups in total. The van der Waals surface area contributed by atoms with Crippen LogP contribution in [0.15, 0.2) is 23.1 Å². The maximum absolute atomic E-state index is 14.8. The summed E-state index contributed by atoms with van der Waals surface area (Å²) in [6, 6.07) is 3.12. The van der Waals surface area contributed by atoms with Gasteiger partial charge >= 0.3 is 5.97 Å². The molecule has 26 heavy (non-hydrogen) atoms. The molecule has 6 nitrogen and oxygen atoms in total. The second-order valence-electron chi connectivity index (χ2n) is 7.29. The van der Waals surface area contributed by atoms with Crippen LogP contribution in [0, 0.1) is 11.7 Å². The lowest BCUT2D eigenvalue weighted by Crippen LogP contribution is -2.25. The van der Waals surface area contributed by atoms with Crippen molar-refractivity contribution in [1.29, 1.82) is 0 Å². The number of nitrogens with zero attached hydrogens (tertiary/aromatic N) is 2. The number of carboxylic acids is 1. The number of halogens is 1. The van der Waals surface area contributed by atoms with Crippen LogP contribution in [0.25, 0.3) is 10.9 Å². The number of nitrogens with one attached hydrogen (secondary N) is 1.